The van der Waals surface area contributed by atoms with Gasteiger partial charge in [-0.15, -0.1) is 0 Å². The zero-order valence-electron chi connectivity index (χ0n) is 7.07. The smallest absolute Gasteiger partial charge is 0.131 e. The van der Waals surface area contributed by atoms with E-state index < -0.39 is 0 Å². The van der Waals surface area contributed by atoms with Gasteiger partial charge >= 0.3 is 0 Å². The molecule has 63 valence electrons. The van der Waals surface area contributed by atoms with Crippen LogP contribution in [0.5, 0.6) is 11.5 Å². The minimum atomic E-state index is 0.594. The summed E-state index contributed by atoms with van der Waals surface area (Å²) in [5.41, 5.74) is 0.637. The Morgan fingerprint density at radius 3 is 2.50 bits per heavy atom. The lowest BCUT2D eigenvalue weighted by Crippen LogP contribution is -1.92. The maximum atomic E-state index is 8.77. The first-order valence-corrected chi connectivity index (χ1v) is 3.51. The molecule has 0 unspecified atom stereocenters. The molecule has 0 heterocycles. The van der Waals surface area contributed by atoms with Crippen LogP contribution in [0.2, 0.25) is 0 Å². The fourth-order valence-electron chi connectivity index (χ4n) is 0.925. The summed E-state index contributed by atoms with van der Waals surface area (Å²) in [6.07, 6.45) is 0.998. The molecule has 0 saturated carbocycles. The number of benzene rings is 1. The minimum absolute atomic E-state index is 0.594. The first kappa shape index (κ1) is 8.59. The van der Waals surface area contributed by atoms with Gasteiger partial charge in [-0.25, -0.2) is 0 Å². The normalized spacial score (nSPS) is 9.17. The van der Waals surface area contributed by atoms with Crippen molar-refractivity contribution in [2.24, 2.45) is 0 Å². The van der Waals surface area contributed by atoms with Crippen LogP contribution in [0.15, 0.2) is 18.2 Å². The first-order chi connectivity index (χ1) is 5.81. The zero-order valence-corrected chi connectivity index (χ0v) is 7.07. The molecule has 0 spiro atoms. The molecule has 0 N–H and O–H groups in total. The van der Waals surface area contributed by atoms with Gasteiger partial charge in [0.05, 0.1) is 20.4 Å². The summed E-state index contributed by atoms with van der Waals surface area (Å²) in [4.78, 5) is 0. The molecule has 0 aromatic heterocycles. The van der Waals surface area contributed by atoms with Crippen molar-refractivity contribution in [3.63, 3.8) is 0 Å². The number of hydrogen-bond acceptors (Lipinski definition) is 2. The molecular weight excluding hydrogens is 154 g/mol. The molecule has 0 fully saturated rings. The van der Waals surface area contributed by atoms with Crippen LogP contribution in [0, 0.1) is 0 Å². The van der Waals surface area contributed by atoms with Crippen molar-refractivity contribution in [2.75, 3.05) is 14.2 Å². The highest BCUT2D eigenvalue weighted by Crippen LogP contribution is 2.22. The van der Waals surface area contributed by atoms with Gasteiger partial charge in [0.2, 0.25) is 0 Å². The highest BCUT2D eigenvalue weighted by atomic mass is 16.5. The largest absolute Gasteiger partial charge is 0.497 e. The predicted octanol–water partition coefficient (Wildman–Crippen LogP) is 0.923. The number of hydrogen-bond donors (Lipinski definition) is 0. The number of rotatable bonds is 3. The van der Waals surface area contributed by atoms with Crippen molar-refractivity contribution in [2.45, 2.75) is 0 Å². The third-order valence-corrected chi connectivity index (χ3v) is 1.58. The van der Waals surface area contributed by atoms with Crippen LogP contribution in [-0.4, -0.2) is 20.4 Å². The zero-order chi connectivity index (χ0) is 8.97. The van der Waals surface area contributed by atoms with Crippen molar-refractivity contribution >= 4 is 6.21 Å². The Morgan fingerprint density at radius 2 is 2.00 bits per heavy atom. The molecule has 0 amide bonds. The Hall–Kier alpha value is -1.51. The summed E-state index contributed by atoms with van der Waals surface area (Å²) in [5, 5.41) is 8.77. The van der Waals surface area contributed by atoms with E-state index in [1.54, 1.807) is 32.4 Å². The molecule has 0 saturated heterocycles. The Kier molecular flexibility index (Phi) is 2.69. The summed E-state index contributed by atoms with van der Waals surface area (Å²) in [5.74, 6) is 1.30. The summed E-state index contributed by atoms with van der Waals surface area (Å²) in [7, 11) is 3.12. The number of methoxy groups -OCH3 is 2. The molecule has 1 aromatic rings. The molecule has 0 aliphatic carbocycles. The van der Waals surface area contributed by atoms with Gasteiger partial charge in [-0.1, -0.05) is 0 Å². The van der Waals surface area contributed by atoms with E-state index in [2.05, 4.69) is 0 Å². The molecule has 0 aliphatic heterocycles. The van der Waals surface area contributed by atoms with Crippen molar-refractivity contribution in [3.05, 3.63) is 23.8 Å². The molecule has 0 bridgehead atoms. The predicted molar refractivity (Wildman–Crippen MR) is 46.8 cm³/mol. The summed E-state index contributed by atoms with van der Waals surface area (Å²) < 4.78 is 9.99. The third-order valence-electron chi connectivity index (χ3n) is 1.58. The lowest BCUT2D eigenvalue weighted by atomic mass is 10.2. The molecular formula is C9H10NO2. The van der Waals surface area contributed by atoms with Gasteiger partial charge in [0.1, 0.15) is 11.5 Å². The van der Waals surface area contributed by atoms with Crippen molar-refractivity contribution in [3.8, 4) is 11.5 Å². The second-order valence-corrected chi connectivity index (χ2v) is 2.24. The van der Waals surface area contributed by atoms with E-state index in [0.29, 0.717) is 17.1 Å². The molecule has 0 aliphatic rings. The van der Waals surface area contributed by atoms with Crippen LogP contribution in [0.4, 0.5) is 0 Å². The Labute approximate surface area is 71.4 Å². The second kappa shape index (κ2) is 3.76. The molecule has 0 atom stereocenters. The van der Waals surface area contributed by atoms with Gasteiger partial charge in [0.25, 0.3) is 0 Å². The molecule has 1 aromatic carbocycles. The SMILES string of the molecule is COc1ccc(C=[N])c(OC)c1. The summed E-state index contributed by atoms with van der Waals surface area (Å²) in [6, 6.07) is 5.18. The number of nitrogens with zero attached hydrogens (tertiary/aromatic N) is 1. The third kappa shape index (κ3) is 1.56. The van der Waals surface area contributed by atoms with E-state index in [4.69, 9.17) is 14.9 Å². The minimum Gasteiger partial charge on any atom is -0.497 e. The highest BCUT2D eigenvalue weighted by Gasteiger charge is 2.01. The van der Waals surface area contributed by atoms with Crippen LogP contribution < -0.4 is 14.9 Å². The van der Waals surface area contributed by atoms with Crippen LogP contribution in [0.3, 0.4) is 0 Å². The van der Waals surface area contributed by atoms with E-state index in [-0.39, 0.29) is 0 Å². The van der Waals surface area contributed by atoms with E-state index in [1.165, 1.54) is 0 Å². The van der Waals surface area contributed by atoms with Crippen LogP contribution in [0.1, 0.15) is 5.56 Å². The topological polar surface area (TPSA) is 40.8 Å². The maximum Gasteiger partial charge on any atom is 0.131 e. The standard InChI is InChI=1S/C9H10NO2/c1-11-8-4-3-7(6-10)9(5-8)12-2/h3-6H,1-2H3. The average Bonchev–Trinajstić information content (AvgIpc) is 2.16. The van der Waals surface area contributed by atoms with Gasteiger partial charge in [-0.05, 0) is 12.1 Å². The number of ether oxygens (including phenoxy) is 2. The molecule has 1 rings (SSSR count). The monoisotopic (exact) mass is 164 g/mol. The molecule has 1 radical (unpaired) electrons. The summed E-state index contributed by atoms with van der Waals surface area (Å²) in [6.45, 7) is 0. The maximum absolute atomic E-state index is 8.77. The lowest BCUT2D eigenvalue weighted by molar-refractivity contribution is 0.394. The quantitative estimate of drug-likeness (QED) is 0.623. The van der Waals surface area contributed by atoms with Gasteiger partial charge in [0, 0.05) is 11.6 Å². The van der Waals surface area contributed by atoms with E-state index >= 15 is 0 Å². The fraction of sp³-hybridized carbons (Fsp3) is 0.222. The Bertz CT molecular complexity index is 284. The van der Waals surface area contributed by atoms with Crippen LogP contribution in [0.25, 0.3) is 0 Å². The van der Waals surface area contributed by atoms with Crippen molar-refractivity contribution < 1.29 is 9.47 Å². The molecule has 3 heteroatoms. The average molecular weight is 164 g/mol. The molecule has 3 nitrogen and oxygen atoms in total. The van der Waals surface area contributed by atoms with Crippen molar-refractivity contribution in [1.29, 1.82) is 0 Å². The van der Waals surface area contributed by atoms with Gasteiger partial charge < -0.3 is 9.47 Å². The highest BCUT2D eigenvalue weighted by molar-refractivity contribution is 5.82. The van der Waals surface area contributed by atoms with Crippen molar-refractivity contribution in [1.82, 2.24) is 5.41 Å². The van der Waals surface area contributed by atoms with Crippen LogP contribution >= 0.6 is 0 Å². The van der Waals surface area contributed by atoms with Crippen LogP contribution in [-0.2, 0) is 0 Å². The van der Waals surface area contributed by atoms with Gasteiger partial charge in [-0.3, -0.25) is 0 Å². The second-order valence-electron chi connectivity index (χ2n) is 2.24. The van der Waals surface area contributed by atoms with Gasteiger partial charge in [-0.2, -0.15) is 5.41 Å². The van der Waals surface area contributed by atoms with E-state index in [0.717, 1.165) is 6.21 Å². The van der Waals surface area contributed by atoms with Gasteiger partial charge in [0.15, 0.2) is 0 Å². The molecule has 12 heavy (non-hydrogen) atoms. The Morgan fingerprint density at radius 1 is 1.25 bits per heavy atom. The summed E-state index contributed by atoms with van der Waals surface area (Å²) >= 11 is 0. The van der Waals surface area contributed by atoms with E-state index in [9.17, 15) is 0 Å². The fourth-order valence-corrected chi connectivity index (χ4v) is 0.925. The lowest BCUT2D eigenvalue weighted by Gasteiger charge is -2.05. The first-order valence-electron chi connectivity index (χ1n) is 3.51. The Balaban J connectivity index is 3.10. The van der Waals surface area contributed by atoms with E-state index in [1.807, 2.05) is 0 Å².